The number of hydrogen-bond donors (Lipinski definition) is 0. The Morgan fingerprint density at radius 2 is 1.78 bits per heavy atom. The largest absolute Gasteiger partial charge is 0.486 e. The van der Waals surface area contributed by atoms with Crippen LogP contribution in [0.25, 0.3) is 22.3 Å². The number of rotatable bonds is 6. The second-order valence-corrected chi connectivity index (χ2v) is 9.17. The third-order valence-corrected chi connectivity index (χ3v) is 6.27. The SMILES string of the molecule is O=c1c2ccccc2nc(-c2ccccc2)n1N=Cc1cc(Cl)c(OCc2cccc(F)c2)c(Br)c1. The molecule has 36 heavy (non-hydrogen) atoms. The number of nitrogens with zero attached hydrogens (tertiary/aromatic N) is 3. The minimum absolute atomic E-state index is 0.155. The Morgan fingerprint density at radius 1 is 1.00 bits per heavy atom. The summed E-state index contributed by atoms with van der Waals surface area (Å²) in [5.74, 6) is 0.518. The van der Waals surface area contributed by atoms with Crippen molar-refractivity contribution in [3.05, 3.63) is 128 Å². The smallest absolute Gasteiger partial charge is 0.282 e. The molecule has 8 heteroatoms. The first kappa shape index (κ1) is 23.9. The fourth-order valence-corrected chi connectivity index (χ4v) is 4.69. The van der Waals surface area contributed by atoms with Gasteiger partial charge in [0.05, 0.1) is 26.6 Å². The normalized spacial score (nSPS) is 11.3. The predicted molar refractivity (Wildman–Crippen MR) is 144 cm³/mol. The standard InChI is InChI=1S/C28H18BrClFN3O2/c29-23-14-19(15-24(30)26(23)36-17-18-7-6-10-21(31)13-18)16-32-34-27(20-8-2-1-3-9-20)33-25-12-5-4-11-22(25)28(34)35/h1-16H,17H2. The van der Waals surface area contributed by atoms with Gasteiger partial charge in [0, 0.05) is 5.56 Å². The maximum Gasteiger partial charge on any atom is 0.282 e. The predicted octanol–water partition coefficient (Wildman–Crippen LogP) is 7.08. The molecule has 0 unspecified atom stereocenters. The Labute approximate surface area is 219 Å². The summed E-state index contributed by atoms with van der Waals surface area (Å²) in [6.07, 6.45) is 1.54. The molecule has 1 aromatic heterocycles. The molecule has 0 fully saturated rings. The van der Waals surface area contributed by atoms with E-state index in [1.165, 1.54) is 23.0 Å². The number of benzene rings is 4. The molecule has 0 saturated carbocycles. The van der Waals surface area contributed by atoms with Crippen molar-refractivity contribution >= 4 is 44.6 Å². The Balaban J connectivity index is 1.49. The molecule has 0 atom stereocenters. The van der Waals surface area contributed by atoms with Crippen LogP contribution in [0.4, 0.5) is 4.39 Å². The van der Waals surface area contributed by atoms with Crippen LogP contribution in [0.2, 0.25) is 5.02 Å². The van der Waals surface area contributed by atoms with Crippen molar-refractivity contribution in [3.8, 4) is 17.1 Å². The van der Waals surface area contributed by atoms with Crippen LogP contribution in [0.3, 0.4) is 0 Å². The molecule has 178 valence electrons. The van der Waals surface area contributed by atoms with E-state index in [-0.39, 0.29) is 18.0 Å². The van der Waals surface area contributed by atoms with E-state index in [2.05, 4.69) is 21.0 Å². The molecular formula is C28H18BrClFN3O2. The lowest BCUT2D eigenvalue weighted by Crippen LogP contribution is -2.20. The van der Waals surface area contributed by atoms with Crippen LogP contribution in [0.15, 0.2) is 105 Å². The first-order valence-electron chi connectivity index (χ1n) is 11.0. The summed E-state index contributed by atoms with van der Waals surface area (Å²) in [6.45, 7) is 0.155. The molecule has 5 rings (SSSR count). The summed E-state index contributed by atoms with van der Waals surface area (Å²) in [4.78, 5) is 18.0. The first-order valence-corrected chi connectivity index (χ1v) is 12.1. The van der Waals surface area contributed by atoms with Crippen molar-refractivity contribution in [1.29, 1.82) is 0 Å². The molecule has 1 heterocycles. The summed E-state index contributed by atoms with van der Waals surface area (Å²) in [5, 5.41) is 5.28. The highest BCUT2D eigenvalue weighted by Crippen LogP contribution is 2.35. The first-order chi connectivity index (χ1) is 17.5. The van der Waals surface area contributed by atoms with Crippen molar-refractivity contribution in [3.63, 3.8) is 0 Å². The molecule has 0 amide bonds. The van der Waals surface area contributed by atoms with Crippen molar-refractivity contribution in [2.24, 2.45) is 5.10 Å². The van der Waals surface area contributed by atoms with Crippen LogP contribution >= 0.6 is 27.5 Å². The molecule has 5 nitrogen and oxygen atoms in total. The monoisotopic (exact) mass is 561 g/mol. The number of ether oxygens (including phenoxy) is 1. The molecular weight excluding hydrogens is 545 g/mol. The summed E-state index contributed by atoms with van der Waals surface area (Å²) < 4.78 is 21.1. The molecule has 0 aliphatic carbocycles. The zero-order chi connectivity index (χ0) is 25.1. The minimum Gasteiger partial charge on any atom is -0.486 e. The van der Waals surface area contributed by atoms with E-state index >= 15 is 0 Å². The summed E-state index contributed by atoms with van der Waals surface area (Å²) in [5.41, 5.74) is 2.40. The van der Waals surface area contributed by atoms with E-state index in [1.54, 1.807) is 42.5 Å². The van der Waals surface area contributed by atoms with Gasteiger partial charge in [0.25, 0.3) is 5.56 Å². The molecule has 0 saturated heterocycles. The number of para-hydroxylation sites is 1. The number of halogens is 3. The molecule has 0 N–H and O–H groups in total. The van der Waals surface area contributed by atoms with E-state index < -0.39 is 0 Å². The fraction of sp³-hybridized carbons (Fsp3) is 0.0357. The maximum atomic E-state index is 13.4. The lowest BCUT2D eigenvalue weighted by molar-refractivity contribution is 0.304. The Morgan fingerprint density at radius 3 is 2.56 bits per heavy atom. The molecule has 0 spiro atoms. The van der Waals surface area contributed by atoms with Gasteiger partial charge in [-0.15, -0.1) is 0 Å². The molecule has 4 aromatic carbocycles. The summed E-state index contributed by atoms with van der Waals surface area (Å²) in [7, 11) is 0. The van der Waals surface area contributed by atoms with Crippen LogP contribution in [0.5, 0.6) is 5.75 Å². The molecule has 5 aromatic rings. The quantitative estimate of drug-likeness (QED) is 0.208. The fourth-order valence-electron chi connectivity index (χ4n) is 3.70. The average molecular weight is 563 g/mol. The Hall–Kier alpha value is -3.81. The highest BCUT2D eigenvalue weighted by molar-refractivity contribution is 9.10. The van der Waals surface area contributed by atoms with E-state index in [9.17, 15) is 9.18 Å². The van der Waals surface area contributed by atoms with Crippen LogP contribution in [-0.4, -0.2) is 15.9 Å². The van der Waals surface area contributed by atoms with E-state index in [4.69, 9.17) is 21.3 Å². The van der Waals surface area contributed by atoms with Gasteiger partial charge < -0.3 is 4.74 Å². The highest BCUT2D eigenvalue weighted by Gasteiger charge is 2.13. The van der Waals surface area contributed by atoms with Crippen molar-refractivity contribution < 1.29 is 9.13 Å². The van der Waals surface area contributed by atoms with Gasteiger partial charge in [-0.05, 0) is 63.5 Å². The topological polar surface area (TPSA) is 56.5 Å². The third kappa shape index (κ3) is 5.08. The molecule has 0 aliphatic heterocycles. The minimum atomic E-state index is -0.332. The van der Waals surface area contributed by atoms with Crippen molar-refractivity contribution in [2.45, 2.75) is 6.61 Å². The molecule has 0 radical (unpaired) electrons. The van der Waals surface area contributed by atoms with Crippen molar-refractivity contribution in [1.82, 2.24) is 9.66 Å². The van der Waals surface area contributed by atoms with Crippen LogP contribution in [0.1, 0.15) is 11.1 Å². The van der Waals surface area contributed by atoms with Gasteiger partial charge in [0.2, 0.25) is 0 Å². The van der Waals surface area contributed by atoms with Gasteiger partial charge in [-0.25, -0.2) is 9.37 Å². The van der Waals surface area contributed by atoms with Gasteiger partial charge in [-0.2, -0.15) is 9.78 Å². The third-order valence-electron chi connectivity index (χ3n) is 5.40. The van der Waals surface area contributed by atoms with Gasteiger partial charge in [-0.3, -0.25) is 4.79 Å². The second-order valence-electron chi connectivity index (χ2n) is 7.91. The molecule has 0 bridgehead atoms. The molecule has 0 aliphatic rings. The number of aromatic nitrogens is 2. The van der Waals surface area contributed by atoms with Gasteiger partial charge in [0.15, 0.2) is 11.6 Å². The van der Waals surface area contributed by atoms with Crippen molar-refractivity contribution in [2.75, 3.05) is 0 Å². The summed E-state index contributed by atoms with van der Waals surface area (Å²) in [6, 6.07) is 26.2. The lowest BCUT2D eigenvalue weighted by atomic mass is 10.2. The van der Waals surface area contributed by atoms with Gasteiger partial charge in [0.1, 0.15) is 12.4 Å². The highest BCUT2D eigenvalue weighted by atomic mass is 79.9. The average Bonchev–Trinajstić information content (AvgIpc) is 2.88. The summed E-state index contributed by atoms with van der Waals surface area (Å²) >= 11 is 9.96. The zero-order valence-electron chi connectivity index (χ0n) is 18.7. The number of fused-ring (bicyclic) bond motifs is 1. The van der Waals surface area contributed by atoms with Gasteiger partial charge >= 0.3 is 0 Å². The van der Waals surface area contributed by atoms with Crippen LogP contribution < -0.4 is 10.3 Å². The van der Waals surface area contributed by atoms with E-state index in [0.717, 1.165) is 5.56 Å². The van der Waals surface area contributed by atoms with Gasteiger partial charge in [-0.1, -0.05) is 66.2 Å². The van der Waals surface area contributed by atoms with E-state index in [0.29, 0.717) is 43.1 Å². The maximum absolute atomic E-state index is 13.4. The van der Waals surface area contributed by atoms with Crippen LogP contribution in [-0.2, 0) is 6.61 Å². The Bertz CT molecular complexity index is 1630. The Kier molecular flexibility index (Phi) is 6.93. The van der Waals surface area contributed by atoms with Crippen LogP contribution in [0, 0.1) is 5.82 Å². The van der Waals surface area contributed by atoms with E-state index in [1.807, 2.05) is 36.4 Å². The zero-order valence-corrected chi connectivity index (χ0v) is 21.1. The number of hydrogen-bond acceptors (Lipinski definition) is 4. The second kappa shape index (κ2) is 10.4. The lowest BCUT2D eigenvalue weighted by Gasteiger charge is -2.12.